The van der Waals surface area contributed by atoms with Crippen LogP contribution in [-0.2, 0) is 22.6 Å². The zero-order valence-corrected chi connectivity index (χ0v) is 59.3. The summed E-state index contributed by atoms with van der Waals surface area (Å²) in [5.74, 6) is 1.00. The van der Waals surface area contributed by atoms with Gasteiger partial charge in [0.1, 0.15) is 17.5 Å². The van der Waals surface area contributed by atoms with Gasteiger partial charge in [0, 0.05) is 110 Å². The molecular formula is C77H77N21O8. The average molecular weight is 1420 g/mol. The zero-order valence-electron chi connectivity index (χ0n) is 59.3. The largest absolute Gasteiger partial charge is 0.450 e. The number of likely N-dealkylation sites (tertiary alicyclic amines) is 1. The molecular weight excluding hydrogens is 1350 g/mol. The van der Waals surface area contributed by atoms with Gasteiger partial charge in [-0.2, -0.15) is 0 Å². The highest BCUT2D eigenvalue weighted by Gasteiger charge is 2.28. The summed E-state index contributed by atoms with van der Waals surface area (Å²) in [6.07, 6.45) is 12.7. The van der Waals surface area contributed by atoms with Crippen molar-refractivity contribution in [3.8, 4) is 61.8 Å². The minimum Gasteiger partial charge on any atom is -0.450 e. The molecule has 1 saturated heterocycles. The minimum absolute atomic E-state index is 0.000592. The second kappa shape index (κ2) is 31.9. The van der Waals surface area contributed by atoms with Gasteiger partial charge in [0.2, 0.25) is 17.8 Å². The van der Waals surface area contributed by atoms with Crippen LogP contribution in [0.1, 0.15) is 91.3 Å². The monoisotopic (exact) mass is 1420 g/mol. The number of H-pyrrole nitrogens is 3. The molecule has 2 aliphatic rings. The molecule has 106 heavy (non-hydrogen) atoms. The minimum atomic E-state index is -0.621. The Labute approximate surface area is 607 Å². The predicted molar refractivity (Wildman–Crippen MR) is 403 cm³/mol. The Balaban J connectivity index is 0.000000141. The molecule has 0 saturated carbocycles. The van der Waals surface area contributed by atoms with E-state index >= 15 is 0 Å². The van der Waals surface area contributed by atoms with Crippen LogP contribution < -0.4 is 32.1 Å². The fraction of sp³-hybridized carbons (Fsp3) is 0.234. The zero-order chi connectivity index (χ0) is 74.0. The standard InChI is InChI=1S/C28H33N7O2.C25H23N9O3.C24H21N5O3/c1-4-29-28(37)33-27-31-24-15-20(14-22(26(24)32-27)23-10-6-7-11-30-23)19-13-18(3)35(25(36)16-19)17-21-9-8-12-34(21)5-2;1-3-37-25(36)33-24-31-19-12-16(11-17(21(19)32-24)22-27-9-6-10-28-22)34-13-20(29-14-34)23(35)30-15(2)18-7-4-5-8-26-18;1-3-32-24(31)28-23-26-20-12-16(11-18(21(20)27-23)19-6-4-5-9-25-19)14-7-8-15-13-29(2)22(30)17(15)10-14/h6-7,10-11,13-16,21H,4-5,8-9,12,17H2,1-3H3,(H3,29,31,32,33,37);4-15H,3H2,1-2H3,(H,30,35)(H2,31,32,33,36);4-12H,3,13H2,1-2H3,(H2,26,27,28,31). The van der Waals surface area contributed by atoms with Crippen molar-refractivity contribution in [2.75, 3.05) is 55.8 Å². The molecule has 0 radical (unpaired) electrons. The molecule has 2 unspecified atom stereocenters. The van der Waals surface area contributed by atoms with Crippen molar-refractivity contribution < 1.29 is 33.4 Å². The van der Waals surface area contributed by atoms with Crippen LogP contribution in [-0.4, -0.2) is 155 Å². The Hall–Kier alpha value is -13.3. The van der Waals surface area contributed by atoms with Gasteiger partial charge in [-0.3, -0.25) is 50.2 Å². The highest BCUT2D eigenvalue weighted by Crippen LogP contribution is 2.37. The lowest BCUT2D eigenvalue weighted by Crippen LogP contribution is -2.36. The Morgan fingerprint density at radius 1 is 0.604 bits per heavy atom. The first-order valence-electron chi connectivity index (χ1n) is 34.8. The number of nitrogens with one attached hydrogen (secondary N) is 8. The van der Waals surface area contributed by atoms with Gasteiger partial charge in [0.05, 0.1) is 63.9 Å². The molecule has 13 aromatic rings. The van der Waals surface area contributed by atoms with Crippen molar-refractivity contribution in [1.82, 2.24) is 89.4 Å². The van der Waals surface area contributed by atoms with E-state index in [0.29, 0.717) is 76.7 Å². The molecule has 0 bridgehead atoms. The second-order valence-corrected chi connectivity index (χ2v) is 25.1. The van der Waals surface area contributed by atoms with Crippen LogP contribution in [0.2, 0.25) is 0 Å². The number of aryl methyl sites for hydroxylation is 1. The maximum absolute atomic E-state index is 13.3. The summed E-state index contributed by atoms with van der Waals surface area (Å²) >= 11 is 0. The third kappa shape index (κ3) is 16.0. The van der Waals surface area contributed by atoms with Crippen molar-refractivity contribution in [2.45, 2.75) is 79.6 Å². The number of pyridine rings is 4. The van der Waals surface area contributed by atoms with Gasteiger partial charge in [-0.05, 0) is 179 Å². The Bertz CT molecular complexity index is 5430. The van der Waals surface area contributed by atoms with Crippen molar-refractivity contribution >= 4 is 81.0 Å². The van der Waals surface area contributed by atoms with E-state index < -0.39 is 12.2 Å². The lowest BCUT2D eigenvalue weighted by atomic mass is 9.97. The van der Waals surface area contributed by atoms with Crippen LogP contribution in [0.15, 0.2) is 176 Å². The lowest BCUT2D eigenvalue weighted by molar-refractivity contribution is 0.0815. The number of hydrogen-bond acceptors (Lipinski definition) is 18. The molecule has 2 aliphatic heterocycles. The molecule has 2 atom stereocenters. The number of ether oxygens (including phenoxy) is 2. The number of hydrogen-bond donors (Lipinski definition) is 8. The molecule has 9 aromatic heterocycles. The summed E-state index contributed by atoms with van der Waals surface area (Å²) in [4.78, 5) is 128. The fourth-order valence-electron chi connectivity index (χ4n) is 12.9. The summed E-state index contributed by atoms with van der Waals surface area (Å²) in [7, 11) is 1.80. The highest BCUT2D eigenvalue weighted by atomic mass is 16.6. The molecule has 15 rings (SSSR count). The number of rotatable bonds is 18. The molecule has 4 aromatic carbocycles. The number of anilines is 3. The summed E-state index contributed by atoms with van der Waals surface area (Å²) in [6.45, 7) is 15.8. The van der Waals surface area contributed by atoms with Gasteiger partial charge in [0.25, 0.3) is 17.4 Å². The first-order valence-corrected chi connectivity index (χ1v) is 34.8. The lowest BCUT2D eigenvalue weighted by Gasteiger charge is -2.24. The number of likely N-dealkylation sites (N-methyl/N-ethyl adjacent to an activating group) is 1. The van der Waals surface area contributed by atoms with E-state index in [1.165, 1.54) is 6.42 Å². The van der Waals surface area contributed by atoms with E-state index in [0.717, 1.165) is 97.8 Å². The van der Waals surface area contributed by atoms with Gasteiger partial charge in [-0.1, -0.05) is 37.3 Å². The molecule has 29 heteroatoms. The van der Waals surface area contributed by atoms with Crippen LogP contribution in [0.25, 0.3) is 94.9 Å². The van der Waals surface area contributed by atoms with Gasteiger partial charge in [-0.25, -0.2) is 44.3 Å². The SMILES string of the molecule is CCNC(=O)Nc1nc2c(-c3ccccn3)cc(-c3cc(C)n(CC4CCCN4CC)c(=O)c3)cc2[nH]1.CCOC(=O)Nc1nc2c(-c3ccccn3)cc(-c3ccc4c(c3)C(=O)N(C)C4)cc2[nH]1.CCOC(=O)Nc1nc2c(-c3ncccn3)cc(-n3cnc(C(=O)NC(C)c4ccccn4)c3)cc2[nH]1. The molecule has 1 fully saturated rings. The predicted octanol–water partition coefficient (Wildman–Crippen LogP) is 12.5. The van der Waals surface area contributed by atoms with E-state index in [1.54, 1.807) is 86.0 Å². The summed E-state index contributed by atoms with van der Waals surface area (Å²) in [5.41, 5.74) is 15.7. The van der Waals surface area contributed by atoms with Crippen LogP contribution in [0.3, 0.4) is 0 Å². The quantitative estimate of drug-likeness (QED) is 0.0395. The molecule has 0 aliphatic carbocycles. The number of amides is 6. The third-order valence-corrected chi connectivity index (χ3v) is 18.0. The van der Waals surface area contributed by atoms with Gasteiger partial charge in [0.15, 0.2) is 5.82 Å². The number of imidazole rings is 4. The summed E-state index contributed by atoms with van der Waals surface area (Å²) < 4.78 is 13.5. The van der Waals surface area contributed by atoms with Crippen molar-refractivity contribution in [3.63, 3.8) is 0 Å². The number of carbonyl (C=O) groups excluding carboxylic acids is 5. The molecule has 6 amide bonds. The summed E-state index contributed by atoms with van der Waals surface area (Å²) in [5, 5.41) is 13.6. The van der Waals surface area contributed by atoms with Crippen LogP contribution in [0.5, 0.6) is 0 Å². The van der Waals surface area contributed by atoms with E-state index in [1.807, 2.05) is 135 Å². The van der Waals surface area contributed by atoms with Crippen molar-refractivity contribution in [1.29, 1.82) is 0 Å². The van der Waals surface area contributed by atoms with E-state index in [-0.39, 0.29) is 54.3 Å². The fourth-order valence-corrected chi connectivity index (χ4v) is 12.9. The third-order valence-electron chi connectivity index (χ3n) is 18.0. The first kappa shape index (κ1) is 71.1. The number of urea groups is 1. The van der Waals surface area contributed by atoms with Gasteiger partial charge >= 0.3 is 18.2 Å². The van der Waals surface area contributed by atoms with Crippen LogP contribution in [0.4, 0.5) is 32.2 Å². The maximum atomic E-state index is 13.3. The van der Waals surface area contributed by atoms with Gasteiger partial charge in [-0.15, -0.1) is 0 Å². The number of carbonyl (C=O) groups is 5. The summed E-state index contributed by atoms with van der Waals surface area (Å²) in [6, 6.07) is 39.8. The topological polar surface area (TPSA) is 361 Å². The van der Waals surface area contributed by atoms with Gasteiger partial charge < -0.3 is 49.1 Å². The maximum Gasteiger partial charge on any atom is 0.413 e. The molecule has 0 spiro atoms. The van der Waals surface area contributed by atoms with Crippen LogP contribution in [0, 0.1) is 6.92 Å². The Morgan fingerprint density at radius 2 is 1.18 bits per heavy atom. The number of aromatic nitrogens is 14. The number of fused-ring (bicyclic) bond motifs is 4. The van der Waals surface area contributed by atoms with Crippen molar-refractivity contribution in [3.05, 3.63) is 209 Å². The molecule has 29 nitrogen and oxygen atoms in total. The van der Waals surface area contributed by atoms with E-state index in [2.05, 4.69) is 104 Å². The Kier molecular flexibility index (Phi) is 21.4. The first-order chi connectivity index (χ1) is 51.5. The van der Waals surface area contributed by atoms with Crippen LogP contribution >= 0.6 is 0 Å². The molecule has 8 N–H and O–H groups in total. The average Bonchev–Trinajstić information content (AvgIpc) is 1.56. The van der Waals surface area contributed by atoms with E-state index in [4.69, 9.17) is 9.47 Å². The van der Waals surface area contributed by atoms with Crippen molar-refractivity contribution in [2.24, 2.45) is 0 Å². The Morgan fingerprint density at radius 3 is 1.76 bits per heavy atom. The highest BCUT2D eigenvalue weighted by molar-refractivity contribution is 6.02. The number of aromatic amines is 3. The normalized spacial score (nSPS) is 13.5. The van der Waals surface area contributed by atoms with E-state index in [9.17, 15) is 28.8 Å². The number of benzene rings is 4. The molecule has 11 heterocycles. The number of nitrogens with zero attached hydrogens (tertiary/aromatic N) is 13. The molecule has 538 valence electrons. The second-order valence-electron chi connectivity index (χ2n) is 25.1. The smallest absolute Gasteiger partial charge is 0.413 e.